The van der Waals surface area contributed by atoms with Gasteiger partial charge in [0.15, 0.2) is 0 Å². The molecule has 2 heterocycles. The molecule has 0 spiro atoms. The van der Waals surface area contributed by atoms with Crippen molar-refractivity contribution in [3.05, 3.63) is 40.8 Å². The molecule has 0 fully saturated rings. The highest BCUT2D eigenvalue weighted by Gasteiger charge is 2.02. The number of hydrogen-bond acceptors (Lipinski definition) is 3. The van der Waals surface area contributed by atoms with Gasteiger partial charge >= 0.3 is 0 Å². The van der Waals surface area contributed by atoms with Gasteiger partial charge in [-0.2, -0.15) is 0 Å². The molecule has 0 unspecified atom stereocenters. The van der Waals surface area contributed by atoms with E-state index in [2.05, 4.69) is 11.6 Å². The van der Waals surface area contributed by atoms with Crippen molar-refractivity contribution in [3.8, 4) is 0 Å². The van der Waals surface area contributed by atoms with Crippen LogP contribution in [0.1, 0.15) is 0 Å². The molecule has 0 radical (unpaired) electrons. The first-order valence-corrected chi connectivity index (χ1v) is 4.74. The van der Waals surface area contributed by atoms with Gasteiger partial charge in [-0.3, -0.25) is 9.36 Å². The molecule has 0 saturated carbocycles. The molecule has 0 aliphatic carbocycles. The molecule has 0 atom stereocenters. The first kappa shape index (κ1) is 8.19. The smallest absolute Gasteiger partial charge is 0.262 e. The molecule has 66 valence electrons. The minimum atomic E-state index is 0.00569. The van der Waals surface area contributed by atoms with Gasteiger partial charge in [0.1, 0.15) is 4.83 Å². The largest absolute Gasteiger partial charge is 0.295 e. The number of rotatable bonds is 2. The molecule has 3 nitrogen and oxygen atoms in total. The molecule has 2 aromatic rings. The van der Waals surface area contributed by atoms with Crippen LogP contribution < -0.4 is 5.56 Å². The summed E-state index contributed by atoms with van der Waals surface area (Å²) in [6.45, 7) is 4.09. The Bertz CT molecular complexity index is 498. The van der Waals surface area contributed by atoms with Gasteiger partial charge in [0.05, 0.1) is 11.7 Å². The highest BCUT2D eigenvalue weighted by molar-refractivity contribution is 7.16. The second kappa shape index (κ2) is 3.14. The van der Waals surface area contributed by atoms with E-state index in [4.69, 9.17) is 0 Å². The number of allylic oxidation sites excluding steroid dienone is 1. The Hall–Kier alpha value is -1.42. The van der Waals surface area contributed by atoms with Crippen LogP contribution in [-0.2, 0) is 6.54 Å². The van der Waals surface area contributed by atoms with Crippen molar-refractivity contribution in [1.82, 2.24) is 9.55 Å². The minimum Gasteiger partial charge on any atom is -0.295 e. The lowest BCUT2D eigenvalue weighted by Gasteiger charge is -1.99. The topological polar surface area (TPSA) is 34.9 Å². The van der Waals surface area contributed by atoms with Crippen molar-refractivity contribution in [3.63, 3.8) is 0 Å². The van der Waals surface area contributed by atoms with E-state index in [1.165, 1.54) is 11.3 Å². The summed E-state index contributed by atoms with van der Waals surface area (Å²) in [5.74, 6) is 0. The van der Waals surface area contributed by atoms with Gasteiger partial charge < -0.3 is 0 Å². The van der Waals surface area contributed by atoms with Crippen molar-refractivity contribution in [2.24, 2.45) is 0 Å². The van der Waals surface area contributed by atoms with Gasteiger partial charge in [-0.25, -0.2) is 4.98 Å². The maximum absolute atomic E-state index is 11.7. The van der Waals surface area contributed by atoms with Crippen LogP contribution in [0.15, 0.2) is 35.2 Å². The molecule has 0 aromatic carbocycles. The van der Waals surface area contributed by atoms with E-state index in [1.54, 1.807) is 23.0 Å². The summed E-state index contributed by atoms with van der Waals surface area (Å²) in [5.41, 5.74) is 0.00569. The number of thiophene rings is 1. The van der Waals surface area contributed by atoms with Crippen LogP contribution in [0.25, 0.3) is 10.2 Å². The number of aromatic nitrogens is 2. The SMILES string of the molecule is C=CCn1cnc2sccc2c1=O. The Morgan fingerprint density at radius 2 is 2.54 bits per heavy atom. The average molecular weight is 192 g/mol. The van der Waals surface area contributed by atoms with Gasteiger partial charge in [-0.05, 0) is 11.4 Å². The molecule has 0 aliphatic rings. The second-order valence-corrected chi connectivity index (χ2v) is 3.52. The van der Waals surface area contributed by atoms with E-state index in [0.717, 1.165) is 4.83 Å². The summed E-state index contributed by atoms with van der Waals surface area (Å²) in [4.78, 5) is 16.6. The highest BCUT2D eigenvalue weighted by Crippen LogP contribution is 2.12. The van der Waals surface area contributed by atoms with E-state index in [1.807, 2.05) is 5.38 Å². The third kappa shape index (κ3) is 1.29. The monoisotopic (exact) mass is 192 g/mol. The third-order valence-electron chi connectivity index (χ3n) is 1.78. The van der Waals surface area contributed by atoms with Gasteiger partial charge in [0, 0.05) is 6.54 Å². The van der Waals surface area contributed by atoms with Crippen molar-refractivity contribution in [1.29, 1.82) is 0 Å². The lowest BCUT2D eigenvalue weighted by Crippen LogP contribution is -2.18. The van der Waals surface area contributed by atoms with E-state index in [9.17, 15) is 4.79 Å². The number of nitrogens with zero attached hydrogens (tertiary/aromatic N) is 2. The van der Waals surface area contributed by atoms with Crippen LogP contribution in [0, 0.1) is 0 Å². The number of fused-ring (bicyclic) bond motifs is 1. The molecule has 0 bridgehead atoms. The van der Waals surface area contributed by atoms with Crippen LogP contribution in [0.3, 0.4) is 0 Å². The molecule has 0 aliphatic heterocycles. The Morgan fingerprint density at radius 1 is 1.69 bits per heavy atom. The third-order valence-corrected chi connectivity index (χ3v) is 2.60. The summed E-state index contributed by atoms with van der Waals surface area (Å²) >= 11 is 1.48. The van der Waals surface area contributed by atoms with E-state index >= 15 is 0 Å². The Morgan fingerprint density at radius 3 is 3.31 bits per heavy atom. The molecule has 2 aromatic heterocycles. The Balaban J connectivity index is 2.73. The highest BCUT2D eigenvalue weighted by atomic mass is 32.1. The molecule has 0 N–H and O–H groups in total. The summed E-state index contributed by atoms with van der Waals surface area (Å²) in [6.07, 6.45) is 3.24. The predicted molar refractivity (Wildman–Crippen MR) is 54.1 cm³/mol. The fraction of sp³-hybridized carbons (Fsp3) is 0.111. The maximum atomic E-state index is 11.7. The number of hydrogen-bond donors (Lipinski definition) is 0. The standard InChI is InChI=1S/C9H8N2OS/c1-2-4-11-6-10-8-7(9(11)12)3-5-13-8/h2-3,5-6H,1,4H2. The van der Waals surface area contributed by atoms with Crippen molar-refractivity contribution < 1.29 is 0 Å². The Labute approximate surface area is 79.0 Å². The van der Waals surface area contributed by atoms with Gasteiger partial charge in [0.25, 0.3) is 5.56 Å². The molecular weight excluding hydrogens is 184 g/mol. The summed E-state index contributed by atoms with van der Waals surface area (Å²) in [5, 5.41) is 2.56. The normalized spacial score (nSPS) is 10.5. The maximum Gasteiger partial charge on any atom is 0.262 e. The van der Waals surface area contributed by atoms with Gasteiger partial charge in [0.2, 0.25) is 0 Å². The molecule has 2 rings (SSSR count). The van der Waals surface area contributed by atoms with E-state index in [-0.39, 0.29) is 5.56 Å². The van der Waals surface area contributed by atoms with E-state index in [0.29, 0.717) is 11.9 Å². The molecule has 13 heavy (non-hydrogen) atoms. The fourth-order valence-electron chi connectivity index (χ4n) is 1.16. The van der Waals surface area contributed by atoms with Crippen LogP contribution in [0.5, 0.6) is 0 Å². The zero-order valence-electron chi connectivity index (χ0n) is 6.93. The quantitative estimate of drug-likeness (QED) is 0.678. The average Bonchev–Trinajstić information content (AvgIpc) is 2.58. The first-order chi connectivity index (χ1) is 6.33. The molecule has 4 heteroatoms. The van der Waals surface area contributed by atoms with Crippen molar-refractivity contribution in [2.45, 2.75) is 6.54 Å². The van der Waals surface area contributed by atoms with Crippen LogP contribution in [0.2, 0.25) is 0 Å². The minimum absolute atomic E-state index is 0.00569. The summed E-state index contributed by atoms with van der Waals surface area (Å²) in [7, 11) is 0. The Kier molecular flexibility index (Phi) is 1.98. The second-order valence-electron chi connectivity index (χ2n) is 2.63. The van der Waals surface area contributed by atoms with E-state index < -0.39 is 0 Å². The lowest BCUT2D eigenvalue weighted by atomic mass is 10.4. The van der Waals surface area contributed by atoms with Crippen LogP contribution >= 0.6 is 11.3 Å². The molecule has 0 amide bonds. The fourth-order valence-corrected chi connectivity index (χ4v) is 1.89. The first-order valence-electron chi connectivity index (χ1n) is 3.86. The van der Waals surface area contributed by atoms with Crippen molar-refractivity contribution >= 4 is 21.6 Å². The summed E-state index contributed by atoms with van der Waals surface area (Å²) in [6, 6.07) is 1.80. The van der Waals surface area contributed by atoms with Crippen molar-refractivity contribution in [2.75, 3.05) is 0 Å². The zero-order valence-corrected chi connectivity index (χ0v) is 7.75. The van der Waals surface area contributed by atoms with Gasteiger partial charge in [-0.1, -0.05) is 6.08 Å². The zero-order chi connectivity index (χ0) is 9.26. The van der Waals surface area contributed by atoms with Crippen LogP contribution in [0.4, 0.5) is 0 Å². The molecular formula is C9H8N2OS. The lowest BCUT2D eigenvalue weighted by molar-refractivity contribution is 0.769. The molecule has 0 saturated heterocycles. The summed E-state index contributed by atoms with van der Waals surface area (Å²) < 4.78 is 1.54. The van der Waals surface area contributed by atoms with Gasteiger partial charge in [-0.15, -0.1) is 17.9 Å². The predicted octanol–water partition coefficient (Wildman–Crippen LogP) is 1.64. The van der Waals surface area contributed by atoms with Crippen LogP contribution in [-0.4, -0.2) is 9.55 Å².